The molecule has 0 aliphatic heterocycles. The third-order valence-corrected chi connectivity index (χ3v) is 15.9. The number of hydrogen-bond acceptors (Lipinski definition) is 6. The number of carbonyl (C=O) groups excluding carboxylic acids is 3. The van der Waals surface area contributed by atoms with E-state index in [-0.39, 0.29) is 31.1 Å². The van der Waals surface area contributed by atoms with E-state index >= 15 is 0 Å². The fraction of sp³-hybridized carbons (Fsp3) is 0.875. The Kier molecular flexibility index (Phi) is 65.1. The van der Waals surface area contributed by atoms with Gasteiger partial charge in [-0.25, -0.2) is 0 Å². The molecule has 0 aromatic carbocycles. The standard InChI is InChI=1S/C72H134O6/c1-4-7-10-13-16-19-22-25-28-31-34-35-36-39-41-44-47-50-53-56-59-62-65-71(74)77-68-69(78-72(75)66-63-60-57-54-51-48-45-42-38-33-30-27-24-21-18-15-12-9-6-3)67-76-70(73)64-61-58-55-52-49-46-43-40-37-32-29-26-23-20-17-14-11-8-5-2/h18,21,27,30,38,42,69H,4-17,19-20,22-26,28-29,31-37,39-41,43-68H2,1-3H3/b21-18-,30-27-,42-38-. The maximum atomic E-state index is 12.9. The minimum Gasteiger partial charge on any atom is -0.462 e. The van der Waals surface area contributed by atoms with Gasteiger partial charge in [-0.15, -0.1) is 0 Å². The van der Waals surface area contributed by atoms with Crippen molar-refractivity contribution in [3.05, 3.63) is 36.5 Å². The lowest BCUT2D eigenvalue weighted by Gasteiger charge is -2.18. The molecule has 1 unspecified atom stereocenters. The number of carbonyl (C=O) groups is 3. The van der Waals surface area contributed by atoms with Gasteiger partial charge in [-0.3, -0.25) is 14.4 Å². The molecule has 0 rings (SSSR count). The summed E-state index contributed by atoms with van der Waals surface area (Å²) in [6.07, 6.45) is 83.0. The Labute approximate surface area is 486 Å². The van der Waals surface area contributed by atoms with E-state index in [0.29, 0.717) is 19.3 Å². The maximum absolute atomic E-state index is 12.9. The van der Waals surface area contributed by atoms with E-state index in [4.69, 9.17) is 14.2 Å². The van der Waals surface area contributed by atoms with Crippen LogP contribution in [0.5, 0.6) is 0 Å². The van der Waals surface area contributed by atoms with Gasteiger partial charge < -0.3 is 14.2 Å². The van der Waals surface area contributed by atoms with Gasteiger partial charge in [0.05, 0.1) is 0 Å². The summed E-state index contributed by atoms with van der Waals surface area (Å²) >= 11 is 0. The summed E-state index contributed by atoms with van der Waals surface area (Å²) in [5, 5.41) is 0. The molecule has 0 aromatic heterocycles. The molecule has 0 heterocycles. The Hall–Kier alpha value is -2.37. The molecule has 0 bridgehead atoms. The van der Waals surface area contributed by atoms with Crippen LogP contribution < -0.4 is 0 Å². The summed E-state index contributed by atoms with van der Waals surface area (Å²) < 4.78 is 17.0. The van der Waals surface area contributed by atoms with Crippen LogP contribution in [-0.4, -0.2) is 37.2 Å². The monoisotopic (exact) mass is 1100 g/mol. The van der Waals surface area contributed by atoms with Crippen molar-refractivity contribution < 1.29 is 28.6 Å². The van der Waals surface area contributed by atoms with Crippen LogP contribution in [0.3, 0.4) is 0 Å². The van der Waals surface area contributed by atoms with Crippen LogP contribution in [0.25, 0.3) is 0 Å². The van der Waals surface area contributed by atoms with Gasteiger partial charge in [0.15, 0.2) is 6.10 Å². The molecule has 78 heavy (non-hydrogen) atoms. The zero-order chi connectivity index (χ0) is 56.4. The Balaban J connectivity index is 4.32. The van der Waals surface area contributed by atoms with Gasteiger partial charge in [-0.05, 0) is 57.8 Å². The van der Waals surface area contributed by atoms with Crippen LogP contribution in [-0.2, 0) is 28.6 Å². The molecule has 0 fully saturated rings. The molecule has 0 aromatic rings. The highest BCUT2D eigenvalue weighted by atomic mass is 16.6. The topological polar surface area (TPSA) is 78.9 Å². The summed E-state index contributed by atoms with van der Waals surface area (Å²) in [7, 11) is 0. The Morgan fingerprint density at radius 2 is 0.462 bits per heavy atom. The van der Waals surface area contributed by atoms with Crippen LogP contribution >= 0.6 is 0 Å². The van der Waals surface area contributed by atoms with E-state index in [2.05, 4.69) is 57.2 Å². The predicted molar refractivity (Wildman–Crippen MR) is 339 cm³/mol. The Morgan fingerprint density at radius 3 is 0.744 bits per heavy atom. The van der Waals surface area contributed by atoms with Crippen molar-refractivity contribution in [2.75, 3.05) is 13.2 Å². The molecule has 458 valence electrons. The molecular weight excluding hydrogens is 961 g/mol. The van der Waals surface area contributed by atoms with Gasteiger partial charge in [-0.1, -0.05) is 346 Å². The van der Waals surface area contributed by atoms with Gasteiger partial charge >= 0.3 is 17.9 Å². The van der Waals surface area contributed by atoms with Crippen molar-refractivity contribution in [3.8, 4) is 0 Å². The third kappa shape index (κ3) is 64.5. The molecular formula is C72H134O6. The van der Waals surface area contributed by atoms with Crippen LogP contribution in [0.1, 0.15) is 387 Å². The van der Waals surface area contributed by atoms with Gasteiger partial charge in [0.25, 0.3) is 0 Å². The van der Waals surface area contributed by atoms with Crippen molar-refractivity contribution in [2.45, 2.75) is 393 Å². The van der Waals surface area contributed by atoms with E-state index in [1.54, 1.807) is 0 Å². The highest BCUT2D eigenvalue weighted by Gasteiger charge is 2.19. The fourth-order valence-corrected chi connectivity index (χ4v) is 10.6. The number of esters is 3. The van der Waals surface area contributed by atoms with Crippen molar-refractivity contribution in [2.24, 2.45) is 0 Å². The van der Waals surface area contributed by atoms with Gasteiger partial charge in [0.1, 0.15) is 13.2 Å². The number of rotatable bonds is 65. The van der Waals surface area contributed by atoms with E-state index in [1.165, 1.54) is 270 Å². The minimum atomic E-state index is -0.777. The normalized spacial score (nSPS) is 12.2. The first-order valence-electron chi connectivity index (χ1n) is 35.0. The molecule has 0 aliphatic carbocycles. The molecule has 0 amide bonds. The lowest BCUT2D eigenvalue weighted by molar-refractivity contribution is -0.167. The zero-order valence-corrected chi connectivity index (χ0v) is 52.7. The van der Waals surface area contributed by atoms with Crippen LogP contribution in [0.4, 0.5) is 0 Å². The first-order valence-corrected chi connectivity index (χ1v) is 35.0. The first kappa shape index (κ1) is 75.6. The average molecular weight is 1100 g/mol. The smallest absolute Gasteiger partial charge is 0.306 e. The van der Waals surface area contributed by atoms with Gasteiger partial charge in [0.2, 0.25) is 0 Å². The van der Waals surface area contributed by atoms with Crippen molar-refractivity contribution >= 4 is 17.9 Å². The SMILES string of the molecule is CCCCC/C=C\C/C=C\C/C=C\CCCCCCCCC(=O)OC(COC(=O)CCCCCCCCCCCCCCCCCCCCC)COC(=O)CCCCCCCCCCCCCCCCCCCCCCCC. The van der Waals surface area contributed by atoms with Crippen molar-refractivity contribution in [1.29, 1.82) is 0 Å². The Morgan fingerprint density at radius 1 is 0.256 bits per heavy atom. The van der Waals surface area contributed by atoms with E-state index < -0.39 is 6.10 Å². The number of ether oxygens (including phenoxy) is 3. The summed E-state index contributed by atoms with van der Waals surface area (Å²) in [5.74, 6) is -0.853. The number of allylic oxidation sites excluding steroid dienone is 6. The molecule has 1 atom stereocenters. The lowest BCUT2D eigenvalue weighted by Crippen LogP contribution is -2.30. The fourth-order valence-electron chi connectivity index (χ4n) is 10.6. The molecule has 0 spiro atoms. The van der Waals surface area contributed by atoms with Gasteiger partial charge in [0, 0.05) is 19.3 Å². The maximum Gasteiger partial charge on any atom is 0.306 e. The number of hydrogen-bond donors (Lipinski definition) is 0. The molecule has 0 saturated heterocycles. The summed E-state index contributed by atoms with van der Waals surface area (Å²) in [6.45, 7) is 6.69. The van der Waals surface area contributed by atoms with E-state index in [0.717, 1.165) is 77.0 Å². The van der Waals surface area contributed by atoms with E-state index in [1.807, 2.05) is 0 Å². The minimum absolute atomic E-state index is 0.0717. The van der Waals surface area contributed by atoms with E-state index in [9.17, 15) is 14.4 Å². The number of unbranched alkanes of at least 4 members (excludes halogenated alkanes) is 48. The van der Waals surface area contributed by atoms with Gasteiger partial charge in [-0.2, -0.15) is 0 Å². The highest BCUT2D eigenvalue weighted by molar-refractivity contribution is 5.71. The largest absolute Gasteiger partial charge is 0.462 e. The molecule has 0 aliphatic rings. The van der Waals surface area contributed by atoms with Crippen LogP contribution in [0.2, 0.25) is 0 Å². The summed E-state index contributed by atoms with van der Waals surface area (Å²) in [4.78, 5) is 38.5. The second-order valence-electron chi connectivity index (χ2n) is 23.8. The molecule has 6 heteroatoms. The summed E-state index contributed by atoms with van der Waals surface area (Å²) in [6, 6.07) is 0. The highest BCUT2D eigenvalue weighted by Crippen LogP contribution is 2.19. The first-order chi connectivity index (χ1) is 38.5. The zero-order valence-electron chi connectivity index (χ0n) is 52.7. The average Bonchev–Trinajstić information content (AvgIpc) is 3.44. The lowest BCUT2D eigenvalue weighted by atomic mass is 10.0. The molecule has 6 nitrogen and oxygen atoms in total. The second kappa shape index (κ2) is 67.1. The summed E-state index contributed by atoms with van der Waals surface area (Å²) in [5.41, 5.74) is 0. The van der Waals surface area contributed by atoms with Crippen molar-refractivity contribution in [3.63, 3.8) is 0 Å². The quantitative estimate of drug-likeness (QED) is 0.0261. The van der Waals surface area contributed by atoms with Crippen LogP contribution in [0.15, 0.2) is 36.5 Å². The third-order valence-electron chi connectivity index (χ3n) is 15.9. The van der Waals surface area contributed by atoms with Crippen LogP contribution in [0, 0.1) is 0 Å². The second-order valence-corrected chi connectivity index (χ2v) is 23.8. The molecule has 0 N–H and O–H groups in total. The molecule has 0 saturated carbocycles. The molecule has 0 radical (unpaired) electrons. The Bertz CT molecular complexity index is 1300. The van der Waals surface area contributed by atoms with Crippen molar-refractivity contribution in [1.82, 2.24) is 0 Å². The predicted octanol–water partition coefficient (Wildman–Crippen LogP) is 23.9.